The first-order valence-corrected chi connectivity index (χ1v) is 12.8. The molecule has 184 valence electrons. The normalized spacial score (nSPS) is 15.1. The SMILES string of the molecule is C=CCn1c(COc2ccccc2F)nnc1S[C@@H](C)C(=O)N1CCC(Cc2ccccc2)CC1. The van der Waals surface area contributed by atoms with Crippen LogP contribution in [0.2, 0.25) is 0 Å². The number of para-hydroxylation sites is 1. The summed E-state index contributed by atoms with van der Waals surface area (Å²) >= 11 is 1.38. The third-order valence-electron chi connectivity index (χ3n) is 6.22. The number of likely N-dealkylation sites (tertiary alicyclic amines) is 1. The second-order valence-electron chi connectivity index (χ2n) is 8.74. The third kappa shape index (κ3) is 6.51. The standard InChI is InChI=1S/C27H31FN4O2S/c1-3-15-32-25(19-34-24-12-8-7-11-23(24)28)29-30-27(32)35-20(2)26(33)31-16-13-22(14-17-31)18-21-9-5-4-6-10-21/h3-12,20,22H,1,13-19H2,2H3/t20-/m0/s1. The second kappa shape index (κ2) is 12.0. The Hall–Kier alpha value is -3.13. The van der Waals surface area contributed by atoms with Gasteiger partial charge in [0.1, 0.15) is 6.61 Å². The number of aromatic nitrogens is 3. The molecule has 0 aliphatic carbocycles. The Morgan fingerprint density at radius 3 is 2.60 bits per heavy atom. The number of amides is 1. The van der Waals surface area contributed by atoms with Gasteiger partial charge in [-0.3, -0.25) is 9.36 Å². The number of hydrogen-bond donors (Lipinski definition) is 0. The Bertz CT molecular complexity index is 1130. The van der Waals surface area contributed by atoms with Crippen LogP contribution >= 0.6 is 11.8 Å². The van der Waals surface area contributed by atoms with Crippen LogP contribution < -0.4 is 4.74 Å². The lowest BCUT2D eigenvalue weighted by Gasteiger charge is -2.33. The summed E-state index contributed by atoms with van der Waals surface area (Å²) in [7, 11) is 0. The maximum absolute atomic E-state index is 13.9. The van der Waals surface area contributed by atoms with Crippen LogP contribution in [0, 0.1) is 11.7 Å². The molecule has 1 amide bonds. The van der Waals surface area contributed by atoms with Crippen molar-refractivity contribution >= 4 is 17.7 Å². The molecule has 1 saturated heterocycles. The quantitative estimate of drug-likeness (QED) is 0.288. The number of halogens is 1. The lowest BCUT2D eigenvalue weighted by molar-refractivity contribution is -0.131. The zero-order chi connectivity index (χ0) is 24.6. The first kappa shape index (κ1) is 25.0. The maximum atomic E-state index is 13.9. The first-order chi connectivity index (χ1) is 17.0. The molecule has 35 heavy (non-hydrogen) atoms. The van der Waals surface area contributed by atoms with E-state index in [4.69, 9.17) is 4.74 Å². The number of hydrogen-bond acceptors (Lipinski definition) is 5. The van der Waals surface area contributed by atoms with Gasteiger partial charge in [0.2, 0.25) is 5.91 Å². The fourth-order valence-corrected chi connectivity index (χ4v) is 5.26. The van der Waals surface area contributed by atoms with Crippen molar-refractivity contribution < 1.29 is 13.9 Å². The van der Waals surface area contributed by atoms with Crippen LogP contribution in [0.15, 0.2) is 72.4 Å². The Morgan fingerprint density at radius 1 is 1.17 bits per heavy atom. The van der Waals surface area contributed by atoms with Crippen molar-refractivity contribution in [1.82, 2.24) is 19.7 Å². The fourth-order valence-electron chi connectivity index (χ4n) is 4.30. The van der Waals surface area contributed by atoms with E-state index in [1.54, 1.807) is 24.3 Å². The smallest absolute Gasteiger partial charge is 0.235 e. The van der Waals surface area contributed by atoms with Crippen molar-refractivity contribution in [1.29, 1.82) is 0 Å². The maximum Gasteiger partial charge on any atom is 0.235 e. The minimum Gasteiger partial charge on any atom is -0.483 e. The van der Waals surface area contributed by atoms with Crippen LogP contribution in [-0.4, -0.2) is 43.9 Å². The highest BCUT2D eigenvalue weighted by Gasteiger charge is 2.28. The number of carbonyl (C=O) groups is 1. The van der Waals surface area contributed by atoms with E-state index in [9.17, 15) is 9.18 Å². The Kier molecular flexibility index (Phi) is 8.58. The zero-order valence-corrected chi connectivity index (χ0v) is 20.8. The molecule has 0 spiro atoms. The molecule has 8 heteroatoms. The summed E-state index contributed by atoms with van der Waals surface area (Å²) in [6, 6.07) is 16.8. The fraction of sp³-hybridized carbons (Fsp3) is 0.370. The van der Waals surface area contributed by atoms with Gasteiger partial charge >= 0.3 is 0 Å². The van der Waals surface area contributed by atoms with Gasteiger partial charge in [-0.05, 0) is 49.8 Å². The summed E-state index contributed by atoms with van der Waals surface area (Å²) in [5.74, 6) is 1.01. The molecule has 3 aromatic rings. The van der Waals surface area contributed by atoms with Crippen molar-refractivity contribution in [3.63, 3.8) is 0 Å². The predicted octanol–water partition coefficient (Wildman–Crippen LogP) is 5.14. The van der Waals surface area contributed by atoms with Crippen LogP contribution in [0.5, 0.6) is 5.75 Å². The van der Waals surface area contributed by atoms with Crippen LogP contribution in [-0.2, 0) is 24.4 Å². The molecule has 4 rings (SSSR count). The van der Waals surface area contributed by atoms with E-state index < -0.39 is 5.82 Å². The number of piperidine rings is 1. The van der Waals surface area contributed by atoms with Crippen molar-refractivity contribution in [2.24, 2.45) is 5.92 Å². The van der Waals surface area contributed by atoms with Gasteiger partial charge in [-0.15, -0.1) is 16.8 Å². The van der Waals surface area contributed by atoms with Gasteiger partial charge in [0.25, 0.3) is 0 Å². The molecule has 1 aromatic heterocycles. The molecule has 6 nitrogen and oxygen atoms in total. The van der Waals surface area contributed by atoms with Crippen molar-refractivity contribution in [2.45, 2.75) is 49.7 Å². The summed E-state index contributed by atoms with van der Waals surface area (Å²) < 4.78 is 21.3. The van der Waals surface area contributed by atoms with E-state index in [-0.39, 0.29) is 23.5 Å². The third-order valence-corrected chi connectivity index (χ3v) is 7.29. The number of rotatable bonds is 10. The van der Waals surface area contributed by atoms with E-state index in [2.05, 4.69) is 41.0 Å². The minimum absolute atomic E-state index is 0.0690. The molecule has 2 aromatic carbocycles. The monoisotopic (exact) mass is 494 g/mol. The van der Waals surface area contributed by atoms with Gasteiger partial charge in [0.05, 0.1) is 5.25 Å². The molecule has 0 radical (unpaired) electrons. The molecular formula is C27H31FN4O2S. The first-order valence-electron chi connectivity index (χ1n) is 11.9. The number of allylic oxidation sites excluding steroid dienone is 1. The highest BCUT2D eigenvalue weighted by atomic mass is 32.2. The van der Waals surface area contributed by atoms with Crippen LogP contribution in [0.1, 0.15) is 31.2 Å². The van der Waals surface area contributed by atoms with E-state index in [1.165, 1.54) is 23.4 Å². The molecular weight excluding hydrogens is 463 g/mol. The van der Waals surface area contributed by atoms with Gasteiger partial charge in [-0.1, -0.05) is 60.3 Å². The molecule has 1 atom stereocenters. The van der Waals surface area contributed by atoms with E-state index in [0.29, 0.717) is 23.4 Å². The Labute approximate surface area is 210 Å². The molecule has 0 saturated carbocycles. The summed E-state index contributed by atoms with van der Waals surface area (Å²) in [5, 5.41) is 8.83. The number of carbonyl (C=O) groups excluding carboxylic acids is 1. The lowest BCUT2D eigenvalue weighted by Crippen LogP contribution is -2.42. The molecule has 2 heterocycles. The van der Waals surface area contributed by atoms with Gasteiger partial charge in [0, 0.05) is 19.6 Å². The van der Waals surface area contributed by atoms with Crippen LogP contribution in [0.3, 0.4) is 0 Å². The van der Waals surface area contributed by atoms with Gasteiger partial charge < -0.3 is 9.64 Å². The Morgan fingerprint density at radius 2 is 1.89 bits per heavy atom. The second-order valence-corrected chi connectivity index (χ2v) is 10.0. The number of thioether (sulfide) groups is 1. The van der Waals surface area contributed by atoms with Crippen molar-refractivity contribution in [2.75, 3.05) is 13.1 Å². The van der Waals surface area contributed by atoms with Crippen molar-refractivity contribution in [3.8, 4) is 5.75 Å². The number of nitrogens with zero attached hydrogens (tertiary/aromatic N) is 4. The van der Waals surface area contributed by atoms with Gasteiger partial charge in [-0.2, -0.15) is 0 Å². The molecule has 0 N–H and O–H groups in total. The summed E-state index contributed by atoms with van der Waals surface area (Å²) in [5.41, 5.74) is 1.36. The topological polar surface area (TPSA) is 60.2 Å². The average Bonchev–Trinajstić information content (AvgIpc) is 3.25. The van der Waals surface area contributed by atoms with Gasteiger partial charge in [0.15, 0.2) is 22.5 Å². The number of benzene rings is 2. The molecule has 1 aliphatic heterocycles. The van der Waals surface area contributed by atoms with E-state index in [1.807, 2.05) is 22.5 Å². The molecule has 0 bridgehead atoms. The highest BCUT2D eigenvalue weighted by molar-refractivity contribution is 8.00. The molecule has 1 fully saturated rings. The summed E-state index contributed by atoms with van der Waals surface area (Å²) in [6.07, 6.45) is 4.84. The summed E-state index contributed by atoms with van der Waals surface area (Å²) in [4.78, 5) is 15.1. The van der Waals surface area contributed by atoms with Crippen molar-refractivity contribution in [3.05, 3.63) is 84.5 Å². The largest absolute Gasteiger partial charge is 0.483 e. The highest BCUT2D eigenvalue weighted by Crippen LogP contribution is 2.27. The van der Waals surface area contributed by atoms with Crippen LogP contribution in [0.4, 0.5) is 4.39 Å². The van der Waals surface area contributed by atoms with E-state index in [0.717, 1.165) is 32.4 Å². The van der Waals surface area contributed by atoms with E-state index >= 15 is 0 Å². The number of ether oxygens (including phenoxy) is 1. The zero-order valence-electron chi connectivity index (χ0n) is 20.0. The molecule has 1 aliphatic rings. The predicted molar refractivity (Wildman–Crippen MR) is 136 cm³/mol. The molecule has 0 unspecified atom stereocenters. The average molecular weight is 495 g/mol. The van der Waals surface area contributed by atoms with Gasteiger partial charge in [-0.25, -0.2) is 4.39 Å². The Balaban J connectivity index is 1.33. The van der Waals surface area contributed by atoms with Crippen LogP contribution in [0.25, 0.3) is 0 Å². The summed E-state index contributed by atoms with van der Waals surface area (Å²) in [6.45, 7) is 7.82. The minimum atomic E-state index is -0.427. The lowest BCUT2D eigenvalue weighted by atomic mass is 9.90.